The number of aromatic nitrogens is 1. The van der Waals surface area contributed by atoms with Gasteiger partial charge in [0.15, 0.2) is 5.75 Å². The minimum absolute atomic E-state index is 0.120. The molecule has 1 aliphatic rings. The van der Waals surface area contributed by atoms with Crippen LogP contribution in [0.1, 0.15) is 42.3 Å². The Morgan fingerprint density at radius 1 is 1.13 bits per heavy atom. The monoisotopic (exact) mass is 572 g/mol. The summed E-state index contributed by atoms with van der Waals surface area (Å²) in [6.07, 6.45) is 3.55. The number of amides is 2. The lowest BCUT2D eigenvalue weighted by Crippen LogP contribution is -2.25. The first-order chi connectivity index (χ1) is 18.0. The Labute approximate surface area is 234 Å². The molecule has 4 rings (SSSR count). The van der Waals surface area contributed by atoms with Crippen LogP contribution < -0.4 is 20.1 Å². The van der Waals surface area contributed by atoms with Crippen molar-refractivity contribution in [2.45, 2.75) is 42.8 Å². The number of ether oxygens (including phenoxy) is 1. The van der Waals surface area contributed by atoms with Gasteiger partial charge < -0.3 is 19.9 Å². The van der Waals surface area contributed by atoms with Crippen molar-refractivity contribution in [3.63, 3.8) is 0 Å². The molecular weight excluding hydrogens is 544 g/mol. The second-order valence-corrected chi connectivity index (χ2v) is 12.5. The summed E-state index contributed by atoms with van der Waals surface area (Å²) in [5, 5.41) is 5.62. The normalized spacial score (nSPS) is 15.4. The first-order valence-electron chi connectivity index (χ1n) is 11.8. The van der Waals surface area contributed by atoms with E-state index in [4.69, 9.17) is 16.3 Å². The molecule has 2 heterocycles. The number of pyridine rings is 1. The lowest BCUT2D eigenvalue weighted by Gasteiger charge is -2.24. The van der Waals surface area contributed by atoms with Crippen LogP contribution in [0.5, 0.6) is 5.75 Å². The summed E-state index contributed by atoms with van der Waals surface area (Å²) in [6.45, 7) is 6.18. The molecule has 3 aromatic rings. The van der Waals surface area contributed by atoms with E-state index in [1.165, 1.54) is 31.3 Å². The van der Waals surface area contributed by atoms with Crippen molar-refractivity contribution in [1.82, 2.24) is 4.98 Å². The third kappa shape index (κ3) is 6.20. The standard InChI is InChI=1S/C27H29ClN4O4S2/c1-27(2,3)16-13-19(22(36-4)20(14-16)32-38(5)35)31-26(34)21-12-15-8-6-10-18(23(15)37-21)30-25(33)17-9-7-11-29-24(17)28/h6-11,13-14,21,32H,12H2,1-5H3,(H,30,33)(H,31,34). The van der Waals surface area contributed by atoms with Crippen LogP contribution in [0.4, 0.5) is 17.1 Å². The van der Waals surface area contributed by atoms with Crippen LogP contribution in [0.25, 0.3) is 0 Å². The third-order valence-corrected chi connectivity index (χ3v) is 8.17. The number of thioether (sulfide) groups is 1. The Balaban J connectivity index is 1.57. The van der Waals surface area contributed by atoms with Gasteiger partial charge in [-0.3, -0.25) is 9.59 Å². The Hall–Kier alpha value is -2.92. The van der Waals surface area contributed by atoms with E-state index < -0.39 is 16.6 Å². The molecule has 8 nitrogen and oxygen atoms in total. The van der Waals surface area contributed by atoms with Crippen LogP contribution in [0.3, 0.4) is 0 Å². The van der Waals surface area contributed by atoms with Gasteiger partial charge in [0.25, 0.3) is 5.91 Å². The molecule has 3 N–H and O–H groups in total. The predicted molar refractivity (Wildman–Crippen MR) is 155 cm³/mol. The van der Waals surface area contributed by atoms with E-state index in [9.17, 15) is 14.1 Å². The molecule has 38 heavy (non-hydrogen) atoms. The van der Waals surface area contributed by atoms with Crippen LogP contribution >= 0.6 is 23.4 Å². The molecule has 0 saturated heterocycles. The minimum Gasteiger partial charge on any atom is -0.593 e. The molecule has 0 bridgehead atoms. The zero-order chi connectivity index (χ0) is 27.6. The number of hydrogen-bond acceptors (Lipinski definition) is 7. The van der Waals surface area contributed by atoms with Crippen molar-refractivity contribution in [2.24, 2.45) is 0 Å². The number of anilines is 3. The van der Waals surface area contributed by atoms with Crippen LogP contribution in [-0.4, -0.2) is 40.0 Å². The molecule has 2 amide bonds. The summed E-state index contributed by atoms with van der Waals surface area (Å²) in [5.41, 5.74) is 3.60. The van der Waals surface area contributed by atoms with Gasteiger partial charge in [-0.15, -0.1) is 11.8 Å². The summed E-state index contributed by atoms with van der Waals surface area (Å²) in [7, 11) is 1.51. The Morgan fingerprint density at radius 3 is 2.53 bits per heavy atom. The van der Waals surface area contributed by atoms with E-state index >= 15 is 0 Å². The Kier molecular flexibility index (Phi) is 8.46. The van der Waals surface area contributed by atoms with E-state index in [-0.39, 0.29) is 27.9 Å². The number of fused-ring (bicyclic) bond motifs is 1. The maximum Gasteiger partial charge on any atom is 0.258 e. The maximum atomic E-state index is 13.5. The summed E-state index contributed by atoms with van der Waals surface area (Å²) in [6, 6.07) is 12.6. The second kappa shape index (κ2) is 11.4. The number of methoxy groups -OCH3 is 1. The van der Waals surface area contributed by atoms with Crippen molar-refractivity contribution in [3.05, 3.63) is 70.5 Å². The number of nitrogens with zero attached hydrogens (tertiary/aromatic N) is 1. The van der Waals surface area contributed by atoms with Gasteiger partial charge in [-0.05, 0) is 53.3 Å². The third-order valence-electron chi connectivity index (χ3n) is 5.98. The van der Waals surface area contributed by atoms with Crippen LogP contribution in [0.15, 0.2) is 53.6 Å². The molecular formula is C27H29ClN4O4S2. The van der Waals surface area contributed by atoms with Gasteiger partial charge in [-0.25, -0.2) is 9.71 Å². The highest BCUT2D eigenvalue weighted by Crippen LogP contribution is 2.44. The average molecular weight is 573 g/mol. The summed E-state index contributed by atoms with van der Waals surface area (Å²) >= 11 is 6.14. The molecule has 2 atom stereocenters. The molecule has 0 spiro atoms. The van der Waals surface area contributed by atoms with Gasteiger partial charge in [0.2, 0.25) is 5.91 Å². The smallest absolute Gasteiger partial charge is 0.258 e. The summed E-state index contributed by atoms with van der Waals surface area (Å²) in [5.74, 6) is -0.169. The number of carbonyl (C=O) groups is 2. The maximum absolute atomic E-state index is 13.5. The number of halogens is 1. The van der Waals surface area contributed by atoms with E-state index in [2.05, 4.69) is 41.1 Å². The molecule has 0 saturated carbocycles. The predicted octanol–water partition coefficient (Wildman–Crippen LogP) is 5.65. The van der Waals surface area contributed by atoms with Gasteiger partial charge in [-0.2, -0.15) is 0 Å². The van der Waals surface area contributed by atoms with Crippen molar-refractivity contribution >= 4 is 63.6 Å². The zero-order valence-corrected chi connectivity index (χ0v) is 24.1. The summed E-state index contributed by atoms with van der Waals surface area (Å²) in [4.78, 5) is 31.1. The molecule has 11 heteroatoms. The van der Waals surface area contributed by atoms with Crippen molar-refractivity contribution in [3.8, 4) is 5.75 Å². The fourth-order valence-corrected chi connectivity index (χ4v) is 6.01. The molecule has 1 aliphatic heterocycles. The lowest BCUT2D eigenvalue weighted by atomic mass is 9.86. The first-order valence-corrected chi connectivity index (χ1v) is 14.6. The zero-order valence-electron chi connectivity index (χ0n) is 21.7. The van der Waals surface area contributed by atoms with Gasteiger partial charge in [-0.1, -0.05) is 44.5 Å². The number of carbonyl (C=O) groups excluding carboxylic acids is 2. The highest BCUT2D eigenvalue weighted by atomic mass is 35.5. The fourth-order valence-electron chi connectivity index (χ4n) is 4.08. The van der Waals surface area contributed by atoms with Gasteiger partial charge in [0, 0.05) is 11.1 Å². The van der Waals surface area contributed by atoms with Crippen LogP contribution in [0, 0.1) is 0 Å². The first kappa shape index (κ1) is 28.1. The molecule has 0 radical (unpaired) electrons. The molecule has 0 fully saturated rings. The fraction of sp³-hybridized carbons (Fsp3) is 0.296. The van der Waals surface area contributed by atoms with Gasteiger partial charge >= 0.3 is 0 Å². The lowest BCUT2D eigenvalue weighted by molar-refractivity contribution is -0.115. The number of hydrogen-bond donors (Lipinski definition) is 3. The largest absolute Gasteiger partial charge is 0.593 e. The van der Waals surface area contributed by atoms with Gasteiger partial charge in [0.1, 0.15) is 17.1 Å². The van der Waals surface area contributed by atoms with Crippen LogP contribution in [0.2, 0.25) is 5.15 Å². The van der Waals surface area contributed by atoms with Crippen molar-refractivity contribution < 1.29 is 18.9 Å². The number of nitrogens with one attached hydrogen (secondary N) is 3. The quantitative estimate of drug-likeness (QED) is 0.247. The van der Waals surface area contributed by atoms with Crippen molar-refractivity contribution in [2.75, 3.05) is 28.7 Å². The second-order valence-electron chi connectivity index (χ2n) is 9.80. The molecule has 0 aliphatic carbocycles. The molecule has 1 aromatic heterocycles. The topological polar surface area (TPSA) is 115 Å². The summed E-state index contributed by atoms with van der Waals surface area (Å²) < 4.78 is 20.5. The van der Waals surface area contributed by atoms with E-state index in [0.717, 1.165) is 16.0 Å². The minimum atomic E-state index is -1.33. The van der Waals surface area contributed by atoms with Crippen molar-refractivity contribution in [1.29, 1.82) is 0 Å². The average Bonchev–Trinajstić information content (AvgIpc) is 3.29. The highest BCUT2D eigenvalue weighted by molar-refractivity contribution is 8.01. The SMILES string of the molecule is COc1c(NC(=O)C2Cc3cccc(NC(=O)c4cccnc4Cl)c3S2)cc(C(C)(C)C)cc1N[S+](C)[O-]. The molecule has 2 unspecified atom stereocenters. The number of benzene rings is 2. The van der Waals surface area contributed by atoms with E-state index in [1.807, 2.05) is 24.3 Å². The number of rotatable bonds is 7. The van der Waals surface area contributed by atoms with Crippen LogP contribution in [-0.2, 0) is 28.0 Å². The molecule has 200 valence electrons. The Bertz CT molecular complexity index is 1380. The highest BCUT2D eigenvalue weighted by Gasteiger charge is 2.32. The van der Waals surface area contributed by atoms with E-state index in [0.29, 0.717) is 29.2 Å². The molecule has 2 aromatic carbocycles. The van der Waals surface area contributed by atoms with Gasteiger partial charge in [0.05, 0.1) is 40.7 Å². The Morgan fingerprint density at radius 2 is 1.87 bits per heavy atom. The van der Waals surface area contributed by atoms with E-state index in [1.54, 1.807) is 18.2 Å².